The molecule has 0 aliphatic heterocycles. The maximum atomic E-state index is 11.2. The molecule has 0 saturated heterocycles. The number of hydrogen-bond donors (Lipinski definition) is 0. The lowest BCUT2D eigenvalue weighted by molar-refractivity contribution is 0.273. The van der Waals surface area contributed by atoms with E-state index < -0.39 is 0 Å². The monoisotopic (exact) mass is 147 g/mol. The van der Waals surface area contributed by atoms with Crippen molar-refractivity contribution in [1.82, 2.24) is 0 Å². The topological polar surface area (TPSA) is 17.1 Å². The van der Waals surface area contributed by atoms with E-state index in [0.717, 1.165) is 0 Å². The predicted octanol–water partition coefficient (Wildman–Crippen LogP) is 1.79. The highest BCUT2D eigenvalue weighted by molar-refractivity contribution is 7.31. The van der Waals surface area contributed by atoms with Gasteiger partial charge in [0, 0.05) is 13.3 Å². The highest BCUT2D eigenvalue weighted by atomic mass is 16.1. The average molecular weight is 147 g/mol. The average Bonchev–Trinajstić information content (AvgIpc) is 1.84. The molecular weight excluding hydrogens is 133 g/mol. The summed E-state index contributed by atoms with van der Waals surface area (Å²) in [4.78, 5) is 11.2. The molecule has 0 rings (SSSR count). The summed E-state index contributed by atoms with van der Waals surface area (Å²) in [5, 5.41) is 0. The maximum Gasteiger partial charge on any atom is 0.190 e. The van der Waals surface area contributed by atoms with Crippen LogP contribution in [-0.4, -0.2) is 27.2 Å². The Hall–Kier alpha value is -0.135. The van der Waals surface area contributed by atoms with Gasteiger partial charge in [0.05, 0.1) is 0 Å². The third-order valence-electron chi connectivity index (χ3n) is 1.54. The molecule has 0 aromatic carbocycles. The van der Waals surface area contributed by atoms with Gasteiger partial charge in [-0.05, 0) is 0 Å². The summed E-state index contributed by atoms with van der Waals surface area (Å²) >= 11 is 0. The molecule has 0 aromatic rings. The Morgan fingerprint density at radius 3 is 2.09 bits per heavy atom. The second-order valence-electron chi connectivity index (χ2n) is 3.58. The van der Waals surface area contributed by atoms with E-state index in [1.54, 1.807) is 7.28 Å². The van der Waals surface area contributed by atoms with E-state index in [0.29, 0.717) is 5.82 Å². The smallest absolute Gasteiger partial charge is 0.190 e. The number of hydrogen-bond acceptors (Lipinski definition) is 1. The van der Waals surface area contributed by atoms with Crippen LogP contribution in [-0.2, 0) is 0 Å². The lowest BCUT2D eigenvalue weighted by Crippen LogP contribution is -2.33. The zero-order valence-electron chi connectivity index (χ0n) is 7.79. The molecule has 0 atom stereocenters. The second-order valence-corrected chi connectivity index (χ2v) is 3.58. The molecule has 57 valence electrons. The minimum absolute atomic E-state index is 0.0648. The minimum Gasteiger partial charge on any atom is -0.323 e. The molecule has 0 aliphatic rings. The van der Waals surface area contributed by atoms with Crippen molar-refractivity contribution in [2.24, 2.45) is 0 Å². The molecule has 3 radical (unpaired) electrons. The number of rotatable bonds is 4. The molecule has 0 aromatic heterocycles. The molecule has 0 heterocycles. The molecule has 0 N–H and O–H groups in total. The van der Waals surface area contributed by atoms with Crippen molar-refractivity contribution >= 4 is 27.2 Å². The highest BCUT2D eigenvalue weighted by Crippen LogP contribution is 2.08. The Labute approximate surface area is 72.0 Å². The van der Waals surface area contributed by atoms with Gasteiger partial charge >= 0.3 is 0 Å². The van der Waals surface area contributed by atoms with Gasteiger partial charge in [-0.2, -0.15) is 0 Å². The largest absolute Gasteiger partial charge is 0.323 e. The molecule has 0 fully saturated rings. The van der Waals surface area contributed by atoms with Crippen molar-refractivity contribution in [3.63, 3.8) is 0 Å². The van der Waals surface area contributed by atoms with Crippen LogP contribution in [0, 0.1) is 0 Å². The lowest BCUT2D eigenvalue weighted by Gasteiger charge is -2.11. The van der Waals surface area contributed by atoms with Crippen LogP contribution in [0.2, 0.25) is 11.6 Å². The van der Waals surface area contributed by atoms with E-state index in [-0.39, 0.29) is 18.0 Å². The summed E-state index contributed by atoms with van der Waals surface area (Å²) in [6.07, 6.45) is 0. The van der Waals surface area contributed by atoms with Crippen molar-refractivity contribution in [3.05, 3.63) is 0 Å². The van der Waals surface area contributed by atoms with E-state index >= 15 is 0 Å². The molecule has 11 heavy (non-hydrogen) atoms. The van der Waals surface area contributed by atoms with Crippen molar-refractivity contribution in [2.45, 2.75) is 39.3 Å². The van der Waals surface area contributed by atoms with Crippen LogP contribution < -0.4 is 0 Å². The Morgan fingerprint density at radius 2 is 1.82 bits per heavy atom. The summed E-state index contributed by atoms with van der Waals surface area (Å²) < 4.78 is 0. The Bertz CT molecular complexity index is 134. The Morgan fingerprint density at radius 1 is 1.36 bits per heavy atom. The van der Waals surface area contributed by atoms with Crippen LogP contribution in [0.3, 0.4) is 0 Å². The first-order valence-corrected chi connectivity index (χ1v) is 4.09. The molecule has 0 spiro atoms. The van der Waals surface area contributed by atoms with Gasteiger partial charge < -0.3 is 4.79 Å². The second kappa shape index (κ2) is 4.68. The summed E-state index contributed by atoms with van der Waals surface area (Å²) in [6.45, 7) is 7.54. The van der Waals surface area contributed by atoms with Gasteiger partial charge in [0.2, 0.25) is 0 Å². The van der Waals surface area contributed by atoms with Crippen LogP contribution in [0.25, 0.3) is 0 Å². The SMILES string of the molecule is [B]B(C(=O)[B]C(C)C)C(C)C. The van der Waals surface area contributed by atoms with Gasteiger partial charge in [-0.3, -0.25) is 0 Å². The Balaban J connectivity index is 3.83. The first-order chi connectivity index (χ1) is 4.95. The van der Waals surface area contributed by atoms with E-state index in [2.05, 4.69) is 0 Å². The number of carbonyl (C=O) groups is 1. The highest BCUT2D eigenvalue weighted by Gasteiger charge is 2.20. The molecular formula is C7H14B3O. The van der Waals surface area contributed by atoms with Gasteiger partial charge in [0.25, 0.3) is 0 Å². The normalized spacial score (nSPS) is 10.4. The van der Waals surface area contributed by atoms with Crippen molar-refractivity contribution in [2.75, 3.05) is 0 Å². The summed E-state index contributed by atoms with van der Waals surface area (Å²) in [5.41, 5.74) is 0.0648. The van der Waals surface area contributed by atoms with Crippen molar-refractivity contribution < 1.29 is 4.79 Å². The van der Waals surface area contributed by atoms with E-state index in [4.69, 9.17) is 7.74 Å². The fourth-order valence-corrected chi connectivity index (χ4v) is 0.768. The zero-order chi connectivity index (χ0) is 9.02. The zero-order valence-corrected chi connectivity index (χ0v) is 7.79. The van der Waals surface area contributed by atoms with Gasteiger partial charge in [-0.1, -0.05) is 39.3 Å². The van der Waals surface area contributed by atoms with Crippen LogP contribution in [0.4, 0.5) is 4.79 Å². The van der Waals surface area contributed by atoms with Crippen LogP contribution in [0.1, 0.15) is 27.7 Å². The van der Waals surface area contributed by atoms with E-state index in [1.807, 2.05) is 27.7 Å². The maximum absolute atomic E-state index is 11.2. The molecule has 0 amide bonds. The molecule has 0 aliphatic carbocycles. The predicted molar refractivity (Wildman–Crippen MR) is 52.9 cm³/mol. The van der Waals surface area contributed by atoms with Gasteiger partial charge in [0.1, 0.15) is 0 Å². The van der Waals surface area contributed by atoms with Crippen LogP contribution in [0.5, 0.6) is 0 Å². The first-order valence-electron chi connectivity index (χ1n) is 4.09. The van der Waals surface area contributed by atoms with Crippen LogP contribution >= 0.6 is 0 Å². The summed E-state index contributed by atoms with van der Waals surface area (Å²) in [5.74, 6) is 0.532. The van der Waals surface area contributed by atoms with Crippen LogP contribution in [0.15, 0.2) is 0 Å². The van der Waals surface area contributed by atoms with E-state index in [9.17, 15) is 4.79 Å². The third-order valence-corrected chi connectivity index (χ3v) is 1.54. The fourth-order valence-electron chi connectivity index (χ4n) is 0.768. The summed E-state index contributed by atoms with van der Waals surface area (Å²) in [7, 11) is 7.31. The fraction of sp³-hybridized carbons (Fsp3) is 0.857. The van der Waals surface area contributed by atoms with Gasteiger partial charge in [0.15, 0.2) is 13.9 Å². The molecule has 0 bridgehead atoms. The standard InChI is InChI=1S/C7H14B3O/c1-5(2)9-7(11)10(8)6(3)4/h5-6H,1-4H3. The van der Waals surface area contributed by atoms with Gasteiger partial charge in [-0.25, -0.2) is 0 Å². The summed E-state index contributed by atoms with van der Waals surface area (Å²) in [6, 6.07) is 0. The molecule has 0 saturated carbocycles. The molecule has 1 nitrogen and oxygen atoms in total. The van der Waals surface area contributed by atoms with E-state index in [1.165, 1.54) is 0 Å². The quantitative estimate of drug-likeness (QED) is 0.553. The number of carbonyl (C=O) groups excluding carboxylic acids is 1. The molecule has 0 unspecified atom stereocenters. The minimum atomic E-state index is -0.322. The molecule has 4 heteroatoms. The van der Waals surface area contributed by atoms with Crippen molar-refractivity contribution in [3.8, 4) is 0 Å². The van der Waals surface area contributed by atoms with Crippen molar-refractivity contribution in [1.29, 1.82) is 0 Å². The lowest BCUT2D eigenvalue weighted by atomic mass is 9.19. The first kappa shape index (κ1) is 10.9. The van der Waals surface area contributed by atoms with Gasteiger partial charge in [-0.15, -0.1) is 0 Å². The third kappa shape index (κ3) is 4.33. The Kier molecular flexibility index (Phi) is 4.63.